The zero-order chi connectivity index (χ0) is 8.27. The first kappa shape index (κ1) is 9.05. The fourth-order valence-corrected chi connectivity index (χ4v) is 2.19. The maximum absolute atomic E-state index is 3.27. The minimum absolute atomic E-state index is 0.900. The fourth-order valence-electron chi connectivity index (χ4n) is 2.19. The normalized spacial score (nSPS) is 31.6. The predicted molar refractivity (Wildman–Crippen MR) is 49.6 cm³/mol. The van der Waals surface area contributed by atoms with Crippen molar-refractivity contribution in [1.29, 1.82) is 0 Å². The Kier molecular flexibility index (Phi) is 3.38. The molecule has 1 aliphatic rings. The van der Waals surface area contributed by atoms with Crippen molar-refractivity contribution in [2.45, 2.75) is 33.1 Å². The molecule has 1 nitrogen and oxygen atoms in total. The van der Waals surface area contributed by atoms with Crippen LogP contribution >= 0.6 is 0 Å². The first-order chi connectivity index (χ1) is 5.24. The third-order valence-corrected chi connectivity index (χ3v) is 3.02. The first-order valence-electron chi connectivity index (χ1n) is 4.88. The Morgan fingerprint density at radius 3 is 2.55 bits per heavy atom. The van der Waals surface area contributed by atoms with Gasteiger partial charge in [0.2, 0.25) is 0 Å². The highest BCUT2D eigenvalue weighted by Gasteiger charge is 2.25. The van der Waals surface area contributed by atoms with E-state index in [1.807, 2.05) is 0 Å². The van der Waals surface area contributed by atoms with Gasteiger partial charge in [-0.25, -0.2) is 0 Å². The van der Waals surface area contributed by atoms with Gasteiger partial charge < -0.3 is 5.32 Å². The monoisotopic (exact) mass is 155 g/mol. The molecule has 0 aromatic heterocycles. The van der Waals surface area contributed by atoms with E-state index in [0.717, 1.165) is 17.8 Å². The fraction of sp³-hybridized carbons (Fsp3) is 1.00. The van der Waals surface area contributed by atoms with Gasteiger partial charge in [-0.2, -0.15) is 0 Å². The summed E-state index contributed by atoms with van der Waals surface area (Å²) in [5, 5.41) is 3.27. The van der Waals surface area contributed by atoms with Crippen LogP contribution in [0.4, 0.5) is 0 Å². The van der Waals surface area contributed by atoms with Crippen LogP contribution in [0, 0.1) is 17.8 Å². The zero-order valence-corrected chi connectivity index (χ0v) is 8.06. The minimum Gasteiger partial charge on any atom is -0.319 e. The van der Waals surface area contributed by atoms with E-state index in [-0.39, 0.29) is 0 Å². The molecule has 1 aliphatic carbocycles. The summed E-state index contributed by atoms with van der Waals surface area (Å²) in [7, 11) is 2.06. The molecule has 0 radical (unpaired) electrons. The molecule has 11 heavy (non-hydrogen) atoms. The van der Waals surface area contributed by atoms with E-state index < -0.39 is 0 Å². The smallest absolute Gasteiger partial charge is 0.00234 e. The summed E-state index contributed by atoms with van der Waals surface area (Å²) < 4.78 is 0. The van der Waals surface area contributed by atoms with Crippen LogP contribution in [0.1, 0.15) is 33.1 Å². The summed E-state index contributed by atoms with van der Waals surface area (Å²) in [6.07, 6.45) is 4.37. The van der Waals surface area contributed by atoms with Crippen molar-refractivity contribution in [3.05, 3.63) is 0 Å². The molecule has 0 aromatic carbocycles. The van der Waals surface area contributed by atoms with Gasteiger partial charge in [0.1, 0.15) is 0 Å². The average molecular weight is 155 g/mol. The van der Waals surface area contributed by atoms with Gasteiger partial charge in [0.25, 0.3) is 0 Å². The van der Waals surface area contributed by atoms with Crippen LogP contribution in [0.2, 0.25) is 0 Å². The van der Waals surface area contributed by atoms with Gasteiger partial charge in [0.05, 0.1) is 0 Å². The second-order valence-corrected chi connectivity index (χ2v) is 4.24. The molecule has 1 saturated carbocycles. The van der Waals surface area contributed by atoms with Crippen molar-refractivity contribution in [3.63, 3.8) is 0 Å². The quantitative estimate of drug-likeness (QED) is 0.659. The third kappa shape index (κ3) is 2.48. The Balaban J connectivity index is 2.23. The van der Waals surface area contributed by atoms with Crippen LogP contribution in [-0.2, 0) is 0 Å². The van der Waals surface area contributed by atoms with E-state index in [4.69, 9.17) is 0 Å². The average Bonchev–Trinajstić information content (AvgIpc) is 2.37. The Morgan fingerprint density at radius 2 is 2.09 bits per heavy atom. The van der Waals surface area contributed by atoms with E-state index in [1.165, 1.54) is 25.8 Å². The van der Waals surface area contributed by atoms with Crippen molar-refractivity contribution in [2.75, 3.05) is 13.6 Å². The molecule has 0 aromatic rings. The molecule has 1 N–H and O–H groups in total. The second kappa shape index (κ2) is 4.10. The van der Waals surface area contributed by atoms with Gasteiger partial charge in [0, 0.05) is 0 Å². The molecule has 1 fully saturated rings. The zero-order valence-electron chi connectivity index (χ0n) is 8.06. The van der Waals surface area contributed by atoms with E-state index in [1.54, 1.807) is 0 Å². The maximum Gasteiger partial charge on any atom is -0.00234 e. The van der Waals surface area contributed by atoms with Crippen molar-refractivity contribution in [2.24, 2.45) is 17.8 Å². The van der Waals surface area contributed by atoms with Crippen molar-refractivity contribution < 1.29 is 0 Å². The van der Waals surface area contributed by atoms with Crippen molar-refractivity contribution in [1.82, 2.24) is 5.32 Å². The lowest BCUT2D eigenvalue weighted by atomic mass is 9.93. The molecule has 0 amide bonds. The van der Waals surface area contributed by atoms with Crippen LogP contribution in [0.3, 0.4) is 0 Å². The molecule has 2 unspecified atom stereocenters. The number of rotatable bonds is 3. The van der Waals surface area contributed by atoms with Gasteiger partial charge in [-0.15, -0.1) is 0 Å². The van der Waals surface area contributed by atoms with E-state index in [2.05, 4.69) is 26.2 Å². The topological polar surface area (TPSA) is 12.0 Å². The van der Waals surface area contributed by atoms with E-state index in [0.29, 0.717) is 0 Å². The largest absolute Gasteiger partial charge is 0.319 e. The van der Waals surface area contributed by atoms with Gasteiger partial charge in [0.15, 0.2) is 0 Å². The van der Waals surface area contributed by atoms with Crippen LogP contribution in [-0.4, -0.2) is 13.6 Å². The number of hydrogen-bond acceptors (Lipinski definition) is 1. The van der Waals surface area contributed by atoms with Crippen LogP contribution in [0.5, 0.6) is 0 Å². The number of nitrogens with one attached hydrogen (secondary N) is 1. The highest BCUT2D eigenvalue weighted by atomic mass is 14.8. The lowest BCUT2D eigenvalue weighted by Crippen LogP contribution is -2.16. The molecule has 0 heterocycles. The Bertz CT molecular complexity index is 109. The van der Waals surface area contributed by atoms with Crippen LogP contribution in [0.15, 0.2) is 0 Å². The van der Waals surface area contributed by atoms with Gasteiger partial charge in [-0.05, 0) is 50.6 Å². The predicted octanol–water partition coefficient (Wildman–Crippen LogP) is 2.28. The molecular formula is C10H21N. The lowest BCUT2D eigenvalue weighted by molar-refractivity contribution is 0.376. The van der Waals surface area contributed by atoms with Gasteiger partial charge in [-0.1, -0.05) is 13.8 Å². The summed E-state index contributed by atoms with van der Waals surface area (Å²) in [4.78, 5) is 0. The molecule has 66 valence electrons. The summed E-state index contributed by atoms with van der Waals surface area (Å²) in [6, 6.07) is 0. The molecule has 1 rings (SSSR count). The van der Waals surface area contributed by atoms with Gasteiger partial charge in [-0.3, -0.25) is 0 Å². The summed E-state index contributed by atoms with van der Waals surface area (Å²) in [5.74, 6) is 2.87. The van der Waals surface area contributed by atoms with Gasteiger partial charge >= 0.3 is 0 Å². The van der Waals surface area contributed by atoms with E-state index in [9.17, 15) is 0 Å². The van der Waals surface area contributed by atoms with Crippen molar-refractivity contribution >= 4 is 0 Å². The van der Waals surface area contributed by atoms with Crippen LogP contribution < -0.4 is 5.32 Å². The highest BCUT2D eigenvalue weighted by Crippen LogP contribution is 2.34. The SMILES string of the molecule is CNCC1CCC(C(C)C)C1. The summed E-state index contributed by atoms with van der Waals surface area (Å²) >= 11 is 0. The minimum atomic E-state index is 0.900. The standard InChI is InChI=1S/C10H21N/c1-8(2)10-5-4-9(6-10)7-11-3/h8-11H,4-7H2,1-3H3. The summed E-state index contributed by atoms with van der Waals surface area (Å²) in [6.45, 7) is 5.93. The maximum atomic E-state index is 3.27. The molecule has 0 spiro atoms. The number of hydrogen-bond donors (Lipinski definition) is 1. The van der Waals surface area contributed by atoms with Crippen molar-refractivity contribution in [3.8, 4) is 0 Å². The highest BCUT2D eigenvalue weighted by molar-refractivity contribution is 4.78. The molecule has 2 atom stereocenters. The van der Waals surface area contributed by atoms with E-state index >= 15 is 0 Å². The third-order valence-electron chi connectivity index (χ3n) is 3.02. The molecule has 0 aliphatic heterocycles. The second-order valence-electron chi connectivity index (χ2n) is 4.24. The Labute approximate surface area is 70.6 Å². The van der Waals surface area contributed by atoms with Crippen LogP contribution in [0.25, 0.3) is 0 Å². The molecular weight excluding hydrogens is 134 g/mol. The molecule has 1 heteroatoms. The first-order valence-corrected chi connectivity index (χ1v) is 4.88. The summed E-state index contributed by atoms with van der Waals surface area (Å²) in [5.41, 5.74) is 0. The molecule has 0 saturated heterocycles. The Morgan fingerprint density at radius 1 is 1.36 bits per heavy atom. The Hall–Kier alpha value is -0.0400. The lowest BCUT2D eigenvalue weighted by Gasteiger charge is -2.14. The molecule has 0 bridgehead atoms.